The molecule has 1 heterocycles. The van der Waals surface area contributed by atoms with Crippen LogP contribution in [0.1, 0.15) is 32.6 Å². The highest BCUT2D eigenvalue weighted by atomic mass is 16.5. The van der Waals surface area contributed by atoms with Crippen LogP contribution in [0.2, 0.25) is 0 Å². The number of hydrogen-bond donors (Lipinski definition) is 1. The highest BCUT2D eigenvalue weighted by molar-refractivity contribution is 5.69. The Hall–Kier alpha value is -2.69. The second kappa shape index (κ2) is 7.36. The van der Waals surface area contributed by atoms with Crippen LogP contribution in [0.4, 0.5) is 0 Å². The van der Waals surface area contributed by atoms with Gasteiger partial charge in [-0.05, 0) is 43.3 Å². The van der Waals surface area contributed by atoms with Crippen LogP contribution in [0.3, 0.4) is 0 Å². The van der Waals surface area contributed by atoms with E-state index in [1.165, 1.54) is 6.21 Å². The Bertz CT molecular complexity index is 682. The summed E-state index contributed by atoms with van der Waals surface area (Å²) >= 11 is 0. The lowest BCUT2D eigenvalue weighted by Gasteiger charge is -2.06. The molecule has 0 atom stereocenters. The molecule has 0 spiro atoms. The summed E-state index contributed by atoms with van der Waals surface area (Å²) in [5, 5.41) is 11.1. The Morgan fingerprint density at radius 3 is 2.55 bits per heavy atom. The van der Waals surface area contributed by atoms with E-state index in [4.69, 9.17) is 14.7 Å². The summed E-state index contributed by atoms with van der Waals surface area (Å²) in [7, 11) is 0. The molecule has 0 saturated carbocycles. The van der Waals surface area contributed by atoms with Crippen molar-refractivity contribution >= 4 is 6.21 Å². The maximum absolute atomic E-state index is 7.12. The van der Waals surface area contributed by atoms with E-state index in [9.17, 15) is 0 Å². The Morgan fingerprint density at radius 2 is 2.00 bits per heavy atom. The summed E-state index contributed by atoms with van der Waals surface area (Å²) in [6.45, 7) is 5.91. The van der Waals surface area contributed by atoms with Crippen molar-refractivity contribution in [3.63, 3.8) is 0 Å². The summed E-state index contributed by atoms with van der Waals surface area (Å²) in [5.74, 6) is 2.69. The van der Waals surface area contributed by atoms with Gasteiger partial charge in [-0.1, -0.05) is 25.1 Å². The van der Waals surface area contributed by atoms with Crippen LogP contribution in [-0.2, 0) is 0 Å². The second-order valence-electron chi connectivity index (χ2n) is 4.97. The van der Waals surface area contributed by atoms with E-state index >= 15 is 0 Å². The van der Waals surface area contributed by atoms with Crippen LogP contribution < -0.4 is 4.74 Å². The smallest absolute Gasteiger partial charge is 0.229 e. The van der Waals surface area contributed by atoms with Crippen molar-refractivity contribution in [2.45, 2.75) is 26.7 Å². The molecule has 5 heteroatoms. The molecule has 2 aromatic rings. The first-order chi connectivity index (χ1) is 10.6. The first kappa shape index (κ1) is 15.7. The standard InChI is InChI=1S/C17H19N3O2/c1-4-5-14(10-11-18)21-15-8-6-13(7-9-15)16-19-17(12(2)3)22-20-16/h4-12,18H,1-3H3/b5-4+,14-10+,18-11?. The minimum absolute atomic E-state index is 0.207. The Labute approximate surface area is 129 Å². The zero-order valence-electron chi connectivity index (χ0n) is 12.9. The minimum atomic E-state index is 0.207. The van der Waals surface area contributed by atoms with Crippen molar-refractivity contribution in [1.29, 1.82) is 5.41 Å². The van der Waals surface area contributed by atoms with E-state index in [0.29, 0.717) is 23.2 Å². The van der Waals surface area contributed by atoms with Gasteiger partial charge in [0.25, 0.3) is 0 Å². The zero-order valence-corrected chi connectivity index (χ0v) is 12.9. The number of hydrogen-bond acceptors (Lipinski definition) is 5. The molecule has 22 heavy (non-hydrogen) atoms. The number of benzene rings is 1. The third-order valence-corrected chi connectivity index (χ3v) is 2.86. The fourth-order valence-electron chi connectivity index (χ4n) is 1.77. The van der Waals surface area contributed by atoms with Crippen molar-refractivity contribution in [3.05, 3.63) is 54.1 Å². The van der Waals surface area contributed by atoms with Crippen LogP contribution in [0.5, 0.6) is 5.75 Å². The van der Waals surface area contributed by atoms with Crippen LogP contribution in [0.15, 0.2) is 52.8 Å². The Kier molecular flexibility index (Phi) is 5.25. The SMILES string of the molecule is C/C=C/C(=C\C=N)Oc1ccc(-c2noc(C(C)C)n2)cc1. The minimum Gasteiger partial charge on any atom is -0.457 e. The first-order valence-electron chi connectivity index (χ1n) is 7.09. The largest absolute Gasteiger partial charge is 0.457 e. The van der Waals surface area contributed by atoms with Crippen LogP contribution in [0.25, 0.3) is 11.4 Å². The maximum atomic E-state index is 7.12. The third-order valence-electron chi connectivity index (χ3n) is 2.86. The maximum Gasteiger partial charge on any atom is 0.229 e. The van der Waals surface area contributed by atoms with E-state index in [1.807, 2.05) is 51.1 Å². The molecule has 0 amide bonds. The van der Waals surface area contributed by atoms with Gasteiger partial charge in [0.2, 0.25) is 11.7 Å². The van der Waals surface area contributed by atoms with Crippen LogP contribution >= 0.6 is 0 Å². The predicted octanol–water partition coefficient (Wildman–Crippen LogP) is 4.35. The molecule has 0 fully saturated rings. The summed E-state index contributed by atoms with van der Waals surface area (Å²) in [4.78, 5) is 4.36. The second-order valence-corrected chi connectivity index (χ2v) is 4.97. The van der Waals surface area contributed by atoms with Gasteiger partial charge >= 0.3 is 0 Å². The Balaban J connectivity index is 2.15. The van der Waals surface area contributed by atoms with Crippen molar-refractivity contribution in [2.24, 2.45) is 0 Å². The lowest BCUT2D eigenvalue weighted by molar-refractivity contribution is 0.365. The lowest BCUT2D eigenvalue weighted by Crippen LogP contribution is -1.93. The van der Waals surface area contributed by atoms with Crippen LogP contribution in [0, 0.1) is 5.41 Å². The van der Waals surface area contributed by atoms with E-state index in [1.54, 1.807) is 12.2 Å². The topological polar surface area (TPSA) is 72.0 Å². The van der Waals surface area contributed by atoms with Gasteiger partial charge in [-0.25, -0.2) is 0 Å². The highest BCUT2D eigenvalue weighted by Gasteiger charge is 2.11. The molecule has 5 nitrogen and oxygen atoms in total. The van der Waals surface area contributed by atoms with Crippen molar-refractivity contribution in [2.75, 3.05) is 0 Å². The molecule has 1 aromatic heterocycles. The van der Waals surface area contributed by atoms with Gasteiger partial charge in [0.15, 0.2) is 0 Å². The zero-order chi connectivity index (χ0) is 15.9. The molecule has 0 saturated heterocycles. The summed E-state index contributed by atoms with van der Waals surface area (Å²) in [6, 6.07) is 7.42. The molecule has 0 aliphatic carbocycles. The average molecular weight is 297 g/mol. The predicted molar refractivity (Wildman–Crippen MR) is 86.1 cm³/mol. The first-order valence-corrected chi connectivity index (χ1v) is 7.09. The molecule has 0 aliphatic heterocycles. The summed E-state index contributed by atoms with van der Waals surface area (Å²) in [5.41, 5.74) is 0.867. The number of nitrogens with zero attached hydrogens (tertiary/aromatic N) is 2. The molecule has 0 radical (unpaired) electrons. The fraction of sp³-hybridized carbons (Fsp3) is 0.235. The summed E-state index contributed by atoms with van der Waals surface area (Å²) < 4.78 is 10.9. The van der Waals surface area contributed by atoms with Gasteiger partial charge in [0.05, 0.1) is 0 Å². The average Bonchev–Trinajstić information content (AvgIpc) is 2.99. The van der Waals surface area contributed by atoms with Crippen molar-refractivity contribution in [1.82, 2.24) is 10.1 Å². The summed E-state index contributed by atoms with van der Waals surface area (Å²) in [6.07, 6.45) is 6.43. The molecule has 2 rings (SSSR count). The molecule has 1 N–H and O–H groups in total. The van der Waals surface area contributed by atoms with Gasteiger partial charge in [0.1, 0.15) is 11.5 Å². The molecule has 0 aliphatic rings. The number of aromatic nitrogens is 2. The molecule has 1 aromatic carbocycles. The van der Waals surface area contributed by atoms with Crippen molar-refractivity contribution < 1.29 is 9.26 Å². The third kappa shape index (κ3) is 3.91. The normalized spacial score (nSPS) is 12.1. The lowest BCUT2D eigenvalue weighted by atomic mass is 10.2. The number of allylic oxidation sites excluding steroid dienone is 3. The van der Waals surface area contributed by atoms with E-state index in [0.717, 1.165) is 5.56 Å². The van der Waals surface area contributed by atoms with Gasteiger partial charge in [0, 0.05) is 17.7 Å². The molecular weight excluding hydrogens is 278 g/mol. The van der Waals surface area contributed by atoms with Crippen molar-refractivity contribution in [3.8, 4) is 17.1 Å². The van der Waals surface area contributed by atoms with E-state index < -0.39 is 0 Å². The number of ether oxygens (including phenoxy) is 1. The van der Waals surface area contributed by atoms with Crippen LogP contribution in [-0.4, -0.2) is 16.4 Å². The number of nitrogens with one attached hydrogen (secondary N) is 1. The molecule has 114 valence electrons. The quantitative estimate of drug-likeness (QED) is 0.489. The molecule has 0 unspecified atom stereocenters. The highest BCUT2D eigenvalue weighted by Crippen LogP contribution is 2.23. The Morgan fingerprint density at radius 1 is 1.27 bits per heavy atom. The van der Waals surface area contributed by atoms with Gasteiger partial charge in [-0.15, -0.1) is 0 Å². The monoisotopic (exact) mass is 297 g/mol. The van der Waals surface area contributed by atoms with E-state index in [2.05, 4.69) is 10.1 Å². The molecule has 0 bridgehead atoms. The number of rotatable bonds is 6. The fourth-order valence-corrected chi connectivity index (χ4v) is 1.77. The van der Waals surface area contributed by atoms with E-state index in [-0.39, 0.29) is 5.92 Å². The molecular formula is C17H19N3O2. The van der Waals surface area contributed by atoms with Gasteiger partial charge in [-0.2, -0.15) is 4.98 Å². The van der Waals surface area contributed by atoms with Gasteiger partial charge < -0.3 is 14.7 Å². The van der Waals surface area contributed by atoms with Gasteiger partial charge in [-0.3, -0.25) is 0 Å².